The average molecular weight is 250 g/mol. The lowest BCUT2D eigenvalue weighted by molar-refractivity contribution is 0.771. The Morgan fingerprint density at radius 1 is 1.24 bits per heavy atom. The number of anilines is 1. The van der Waals surface area contributed by atoms with Crippen LogP contribution in [0.1, 0.15) is 31.0 Å². The molecule has 4 heteroatoms. The smallest absolute Gasteiger partial charge is 0.146 e. The van der Waals surface area contributed by atoms with Crippen molar-refractivity contribution in [2.75, 3.05) is 5.73 Å². The quantitative estimate of drug-likeness (QED) is 0.885. The molecule has 2 aromatic rings. The summed E-state index contributed by atoms with van der Waals surface area (Å²) in [5, 5.41) is 5.02. The SMILES string of the molecule is Cc1ccc(-n2nc(C(C)C)c(Cl)c2N)cc1. The molecule has 0 atom stereocenters. The third kappa shape index (κ3) is 2.15. The predicted molar refractivity (Wildman–Crippen MR) is 71.8 cm³/mol. The van der Waals surface area contributed by atoms with Gasteiger partial charge in [0.05, 0.1) is 11.4 Å². The largest absolute Gasteiger partial charge is 0.382 e. The Kier molecular flexibility index (Phi) is 3.11. The zero-order valence-corrected chi connectivity index (χ0v) is 11.0. The molecule has 2 rings (SSSR count). The molecule has 0 fully saturated rings. The zero-order valence-electron chi connectivity index (χ0n) is 10.2. The topological polar surface area (TPSA) is 43.8 Å². The lowest BCUT2D eigenvalue weighted by Gasteiger charge is -2.04. The van der Waals surface area contributed by atoms with Gasteiger partial charge >= 0.3 is 0 Å². The van der Waals surface area contributed by atoms with E-state index in [2.05, 4.69) is 5.10 Å². The lowest BCUT2D eigenvalue weighted by atomic mass is 10.1. The van der Waals surface area contributed by atoms with Crippen LogP contribution in [0.15, 0.2) is 24.3 Å². The molecule has 17 heavy (non-hydrogen) atoms. The van der Waals surface area contributed by atoms with Crippen molar-refractivity contribution in [3.8, 4) is 5.69 Å². The van der Waals surface area contributed by atoms with Crippen molar-refractivity contribution in [1.29, 1.82) is 0 Å². The first-order valence-corrected chi connectivity index (χ1v) is 5.99. The summed E-state index contributed by atoms with van der Waals surface area (Å²) < 4.78 is 1.69. The Bertz CT molecular complexity index is 526. The fourth-order valence-electron chi connectivity index (χ4n) is 1.68. The van der Waals surface area contributed by atoms with Gasteiger partial charge in [-0.15, -0.1) is 0 Å². The Labute approximate surface area is 106 Å². The summed E-state index contributed by atoms with van der Waals surface area (Å²) in [5.74, 6) is 0.760. The number of benzene rings is 1. The number of aryl methyl sites for hydroxylation is 1. The van der Waals surface area contributed by atoms with Crippen molar-refractivity contribution in [2.24, 2.45) is 0 Å². The number of rotatable bonds is 2. The molecule has 0 amide bonds. The normalized spacial score (nSPS) is 11.1. The summed E-state index contributed by atoms with van der Waals surface area (Å²) in [6.45, 7) is 6.14. The Morgan fingerprint density at radius 2 is 1.82 bits per heavy atom. The molecule has 0 unspecified atom stereocenters. The summed E-state index contributed by atoms with van der Waals surface area (Å²) >= 11 is 6.18. The van der Waals surface area contributed by atoms with Gasteiger partial charge in [0.15, 0.2) is 0 Å². The third-order valence-electron chi connectivity index (χ3n) is 2.71. The molecule has 3 nitrogen and oxygen atoms in total. The van der Waals surface area contributed by atoms with E-state index >= 15 is 0 Å². The molecule has 1 aromatic heterocycles. The number of halogens is 1. The maximum Gasteiger partial charge on any atom is 0.146 e. The molecule has 0 saturated heterocycles. The summed E-state index contributed by atoms with van der Waals surface area (Å²) in [4.78, 5) is 0. The van der Waals surface area contributed by atoms with Crippen LogP contribution in [0.5, 0.6) is 0 Å². The molecule has 1 heterocycles. The first kappa shape index (κ1) is 12.0. The van der Waals surface area contributed by atoms with Gasteiger partial charge in [-0.05, 0) is 25.0 Å². The van der Waals surface area contributed by atoms with Crippen molar-refractivity contribution in [2.45, 2.75) is 26.7 Å². The van der Waals surface area contributed by atoms with E-state index in [-0.39, 0.29) is 5.92 Å². The molecular weight excluding hydrogens is 234 g/mol. The zero-order chi connectivity index (χ0) is 12.6. The van der Waals surface area contributed by atoms with Gasteiger partial charge in [0, 0.05) is 0 Å². The number of hydrogen-bond donors (Lipinski definition) is 1. The number of nitrogen functional groups attached to an aromatic ring is 1. The Morgan fingerprint density at radius 3 is 2.29 bits per heavy atom. The molecule has 0 spiro atoms. The van der Waals surface area contributed by atoms with E-state index in [4.69, 9.17) is 17.3 Å². The Hall–Kier alpha value is -1.48. The number of nitrogens with two attached hydrogens (primary N) is 1. The van der Waals surface area contributed by atoms with E-state index in [1.165, 1.54) is 5.56 Å². The van der Waals surface area contributed by atoms with Crippen LogP contribution < -0.4 is 5.73 Å². The highest BCUT2D eigenvalue weighted by atomic mass is 35.5. The predicted octanol–water partition coefficient (Wildman–Crippen LogP) is 3.54. The van der Waals surface area contributed by atoms with E-state index in [9.17, 15) is 0 Å². The fourth-order valence-corrected chi connectivity index (χ4v) is 2.02. The van der Waals surface area contributed by atoms with Crippen LogP contribution in [0.4, 0.5) is 5.82 Å². The van der Waals surface area contributed by atoms with Gasteiger partial charge in [0.2, 0.25) is 0 Å². The molecule has 0 radical (unpaired) electrons. The van der Waals surface area contributed by atoms with Crippen LogP contribution in [-0.2, 0) is 0 Å². The summed E-state index contributed by atoms with van der Waals surface area (Å²) in [6.07, 6.45) is 0. The van der Waals surface area contributed by atoms with Crippen molar-refractivity contribution in [3.05, 3.63) is 40.5 Å². The molecule has 1 aromatic carbocycles. The molecular formula is C13H16ClN3. The molecule has 2 N–H and O–H groups in total. The van der Waals surface area contributed by atoms with Gasteiger partial charge in [0.25, 0.3) is 0 Å². The highest BCUT2D eigenvalue weighted by Gasteiger charge is 2.16. The molecule has 0 saturated carbocycles. The number of nitrogens with zero attached hydrogens (tertiary/aromatic N) is 2. The second kappa shape index (κ2) is 4.41. The van der Waals surface area contributed by atoms with Gasteiger partial charge in [-0.3, -0.25) is 0 Å². The standard InChI is InChI=1S/C13H16ClN3/c1-8(2)12-11(14)13(15)17(16-12)10-6-4-9(3)5-7-10/h4-8H,15H2,1-3H3. The maximum absolute atomic E-state index is 6.18. The number of hydrogen-bond acceptors (Lipinski definition) is 2. The van der Waals surface area contributed by atoms with Crippen LogP contribution in [0.2, 0.25) is 5.02 Å². The van der Waals surface area contributed by atoms with Crippen molar-refractivity contribution < 1.29 is 0 Å². The maximum atomic E-state index is 6.18. The first-order chi connectivity index (χ1) is 8.00. The van der Waals surface area contributed by atoms with Crippen LogP contribution >= 0.6 is 11.6 Å². The van der Waals surface area contributed by atoms with Crippen LogP contribution in [0.3, 0.4) is 0 Å². The van der Waals surface area contributed by atoms with Gasteiger partial charge in [0.1, 0.15) is 10.8 Å². The molecule has 0 aliphatic rings. The van der Waals surface area contributed by atoms with Crippen LogP contribution in [0.25, 0.3) is 5.69 Å². The van der Waals surface area contributed by atoms with Gasteiger partial charge in [-0.2, -0.15) is 5.10 Å². The van der Waals surface area contributed by atoms with Crippen molar-refractivity contribution in [1.82, 2.24) is 9.78 Å². The van der Waals surface area contributed by atoms with Crippen LogP contribution in [0, 0.1) is 6.92 Å². The minimum atomic E-state index is 0.261. The van der Waals surface area contributed by atoms with E-state index in [1.807, 2.05) is 45.0 Å². The fraction of sp³-hybridized carbons (Fsp3) is 0.308. The van der Waals surface area contributed by atoms with Gasteiger partial charge < -0.3 is 5.73 Å². The van der Waals surface area contributed by atoms with Crippen molar-refractivity contribution in [3.63, 3.8) is 0 Å². The molecule has 0 aliphatic heterocycles. The minimum absolute atomic E-state index is 0.261. The van der Waals surface area contributed by atoms with E-state index in [0.717, 1.165) is 11.4 Å². The molecule has 0 aliphatic carbocycles. The average Bonchev–Trinajstić information content (AvgIpc) is 2.58. The summed E-state index contributed by atoms with van der Waals surface area (Å²) in [5.41, 5.74) is 8.95. The van der Waals surface area contributed by atoms with E-state index in [0.29, 0.717) is 10.8 Å². The molecule has 0 bridgehead atoms. The van der Waals surface area contributed by atoms with Gasteiger partial charge in [-0.25, -0.2) is 4.68 Å². The summed E-state index contributed by atoms with van der Waals surface area (Å²) in [7, 11) is 0. The third-order valence-corrected chi connectivity index (χ3v) is 3.10. The first-order valence-electron chi connectivity index (χ1n) is 5.61. The monoisotopic (exact) mass is 249 g/mol. The second-order valence-electron chi connectivity index (χ2n) is 4.49. The number of aromatic nitrogens is 2. The van der Waals surface area contributed by atoms with Gasteiger partial charge in [-0.1, -0.05) is 43.1 Å². The van der Waals surface area contributed by atoms with E-state index < -0.39 is 0 Å². The second-order valence-corrected chi connectivity index (χ2v) is 4.86. The Balaban J connectivity index is 2.53. The van der Waals surface area contributed by atoms with E-state index in [1.54, 1.807) is 4.68 Å². The highest BCUT2D eigenvalue weighted by Crippen LogP contribution is 2.30. The minimum Gasteiger partial charge on any atom is -0.382 e. The summed E-state index contributed by atoms with van der Waals surface area (Å²) in [6, 6.07) is 8.02. The highest BCUT2D eigenvalue weighted by molar-refractivity contribution is 6.33. The van der Waals surface area contributed by atoms with Crippen molar-refractivity contribution >= 4 is 17.4 Å². The lowest BCUT2D eigenvalue weighted by Crippen LogP contribution is -2.02. The van der Waals surface area contributed by atoms with Crippen LogP contribution in [-0.4, -0.2) is 9.78 Å². The molecule has 90 valence electrons.